The van der Waals surface area contributed by atoms with E-state index < -0.39 is 0 Å². The van der Waals surface area contributed by atoms with Gasteiger partial charge in [0, 0.05) is 43.4 Å². The molecule has 0 aliphatic heterocycles. The van der Waals surface area contributed by atoms with Crippen LogP contribution in [0.2, 0.25) is 0 Å². The van der Waals surface area contributed by atoms with Crippen LogP contribution in [-0.4, -0.2) is 34.7 Å². The molecule has 0 saturated heterocycles. The molecule has 0 unspecified atom stereocenters. The number of nitrogens with zero attached hydrogens (tertiary/aromatic N) is 3. The number of hydrogen-bond acceptors (Lipinski definition) is 4. The van der Waals surface area contributed by atoms with Crippen molar-refractivity contribution in [2.45, 2.75) is 45.1 Å². The first-order chi connectivity index (χ1) is 12.8. The van der Waals surface area contributed by atoms with E-state index in [1.54, 1.807) is 0 Å². The zero-order valence-corrected chi connectivity index (χ0v) is 15.5. The predicted molar refractivity (Wildman–Crippen MR) is 104 cm³/mol. The molecule has 2 aromatic rings. The van der Waals surface area contributed by atoms with Gasteiger partial charge in [-0.15, -0.1) is 0 Å². The van der Waals surface area contributed by atoms with Gasteiger partial charge in [-0.3, -0.25) is 9.88 Å². The van der Waals surface area contributed by atoms with Gasteiger partial charge in [-0.1, -0.05) is 18.2 Å². The molecular formula is C22H29N3O. The summed E-state index contributed by atoms with van der Waals surface area (Å²) in [6, 6.07) is 11.0. The van der Waals surface area contributed by atoms with Crippen LogP contribution < -0.4 is 0 Å². The summed E-state index contributed by atoms with van der Waals surface area (Å²) in [6.45, 7) is 3.30. The van der Waals surface area contributed by atoms with Crippen molar-refractivity contribution in [3.63, 3.8) is 0 Å². The molecule has 4 nitrogen and oxygen atoms in total. The number of benzene rings is 1. The second-order valence-electron chi connectivity index (χ2n) is 7.53. The minimum Gasteiger partial charge on any atom is -0.396 e. The van der Waals surface area contributed by atoms with E-state index in [0.29, 0.717) is 5.92 Å². The van der Waals surface area contributed by atoms with Gasteiger partial charge in [-0.2, -0.15) is 5.26 Å². The van der Waals surface area contributed by atoms with Crippen molar-refractivity contribution < 1.29 is 5.11 Å². The van der Waals surface area contributed by atoms with E-state index in [4.69, 9.17) is 10.4 Å². The van der Waals surface area contributed by atoms with Crippen molar-refractivity contribution in [3.05, 3.63) is 42.2 Å². The fraction of sp³-hybridized carbons (Fsp3) is 0.545. The van der Waals surface area contributed by atoms with Gasteiger partial charge in [-0.05, 0) is 68.0 Å². The van der Waals surface area contributed by atoms with E-state index in [-0.39, 0.29) is 12.5 Å². The number of aliphatic hydroxyl groups is 1. The Hall–Kier alpha value is -1.96. The van der Waals surface area contributed by atoms with Crippen LogP contribution in [0.4, 0.5) is 0 Å². The van der Waals surface area contributed by atoms with E-state index in [0.717, 1.165) is 58.2 Å². The Morgan fingerprint density at radius 1 is 1.15 bits per heavy atom. The molecule has 1 aliphatic carbocycles. The highest BCUT2D eigenvalue weighted by Gasteiger charge is 2.23. The normalized spacial score (nSPS) is 20.3. The molecule has 4 heteroatoms. The van der Waals surface area contributed by atoms with E-state index in [9.17, 15) is 0 Å². The third-order valence-electron chi connectivity index (χ3n) is 5.59. The van der Waals surface area contributed by atoms with Crippen LogP contribution in [0, 0.1) is 23.2 Å². The summed E-state index contributed by atoms with van der Waals surface area (Å²) in [4.78, 5) is 6.78. The van der Waals surface area contributed by atoms with E-state index in [2.05, 4.69) is 40.2 Å². The lowest BCUT2D eigenvalue weighted by Crippen LogP contribution is -2.32. The lowest BCUT2D eigenvalue weighted by molar-refractivity contribution is 0.177. The molecule has 1 aromatic carbocycles. The second kappa shape index (κ2) is 9.66. The van der Waals surface area contributed by atoms with Crippen LogP contribution in [0.15, 0.2) is 36.7 Å². The van der Waals surface area contributed by atoms with E-state index in [1.165, 1.54) is 16.3 Å². The van der Waals surface area contributed by atoms with E-state index >= 15 is 0 Å². The zero-order chi connectivity index (χ0) is 18.2. The highest BCUT2D eigenvalue weighted by Crippen LogP contribution is 2.29. The number of nitriles is 1. The van der Waals surface area contributed by atoms with E-state index in [1.807, 2.05) is 12.4 Å². The van der Waals surface area contributed by atoms with Crippen LogP contribution >= 0.6 is 0 Å². The Balaban J connectivity index is 1.68. The molecule has 1 heterocycles. The smallest absolute Gasteiger partial charge is 0.0655 e. The standard InChI is InChI=1S/C22H29N3O/c23-14-18-6-8-19(9-7-18)16-25(12-1-2-13-26)17-21-5-3-4-20-15-24-11-10-22(20)21/h3-5,10-11,15,18-19,26H,1-2,6-9,12-13,16-17H2. The topological polar surface area (TPSA) is 60.2 Å². The summed E-state index contributed by atoms with van der Waals surface area (Å²) in [6.07, 6.45) is 10.1. The molecule has 0 radical (unpaired) electrons. The Morgan fingerprint density at radius 2 is 2.00 bits per heavy atom. The number of aromatic nitrogens is 1. The van der Waals surface area contributed by atoms with Gasteiger partial charge in [0.05, 0.1) is 6.07 Å². The minimum atomic E-state index is 0.264. The number of rotatable bonds is 8. The predicted octanol–water partition coefficient (Wildman–Crippen LogP) is 4.14. The number of hydrogen-bond donors (Lipinski definition) is 1. The van der Waals surface area contributed by atoms with Crippen LogP contribution in [0.5, 0.6) is 0 Å². The van der Waals surface area contributed by atoms with Gasteiger partial charge in [0.2, 0.25) is 0 Å². The fourth-order valence-electron chi connectivity index (χ4n) is 4.09. The Labute approximate surface area is 156 Å². The first kappa shape index (κ1) is 18.8. The molecule has 3 rings (SSSR count). The van der Waals surface area contributed by atoms with Crippen molar-refractivity contribution in [1.29, 1.82) is 5.26 Å². The number of aliphatic hydroxyl groups excluding tert-OH is 1. The van der Waals surface area contributed by atoms with Crippen molar-refractivity contribution in [3.8, 4) is 6.07 Å². The summed E-state index contributed by atoms with van der Waals surface area (Å²) in [5.74, 6) is 0.949. The summed E-state index contributed by atoms with van der Waals surface area (Å²) in [5.41, 5.74) is 1.35. The Bertz CT molecular complexity index is 726. The molecule has 1 aliphatic rings. The maximum atomic E-state index is 9.13. The molecule has 0 amide bonds. The summed E-state index contributed by atoms with van der Waals surface area (Å²) in [5, 5.41) is 20.7. The quantitative estimate of drug-likeness (QED) is 0.726. The number of fused-ring (bicyclic) bond motifs is 1. The molecular weight excluding hydrogens is 322 g/mol. The molecule has 26 heavy (non-hydrogen) atoms. The highest BCUT2D eigenvalue weighted by atomic mass is 16.2. The fourth-order valence-corrected chi connectivity index (χ4v) is 4.09. The van der Waals surface area contributed by atoms with Crippen LogP contribution in [0.25, 0.3) is 10.8 Å². The van der Waals surface area contributed by atoms with Crippen molar-refractivity contribution in [2.75, 3.05) is 19.7 Å². The molecule has 0 bridgehead atoms. The van der Waals surface area contributed by atoms with Crippen LogP contribution in [0.3, 0.4) is 0 Å². The summed E-state index contributed by atoms with van der Waals surface area (Å²) >= 11 is 0. The van der Waals surface area contributed by atoms with Gasteiger partial charge in [0.15, 0.2) is 0 Å². The average Bonchev–Trinajstić information content (AvgIpc) is 2.69. The first-order valence-electron chi connectivity index (χ1n) is 9.84. The maximum Gasteiger partial charge on any atom is 0.0655 e. The van der Waals surface area contributed by atoms with Gasteiger partial charge in [0.25, 0.3) is 0 Å². The monoisotopic (exact) mass is 351 g/mol. The Kier molecular flexibility index (Phi) is 6.99. The third-order valence-corrected chi connectivity index (χ3v) is 5.59. The largest absolute Gasteiger partial charge is 0.396 e. The molecule has 1 fully saturated rings. The molecule has 0 spiro atoms. The highest BCUT2D eigenvalue weighted by molar-refractivity contribution is 5.84. The van der Waals surface area contributed by atoms with Gasteiger partial charge in [-0.25, -0.2) is 0 Å². The van der Waals surface area contributed by atoms with Gasteiger partial charge < -0.3 is 5.11 Å². The minimum absolute atomic E-state index is 0.264. The molecule has 1 N–H and O–H groups in total. The third kappa shape index (κ3) is 5.03. The molecule has 0 atom stereocenters. The van der Waals surface area contributed by atoms with Crippen molar-refractivity contribution in [2.24, 2.45) is 11.8 Å². The number of unbranched alkanes of at least 4 members (excludes halogenated alkanes) is 1. The van der Waals surface area contributed by atoms with Gasteiger partial charge in [0.1, 0.15) is 0 Å². The second-order valence-corrected chi connectivity index (χ2v) is 7.53. The van der Waals surface area contributed by atoms with Gasteiger partial charge >= 0.3 is 0 Å². The summed E-state index contributed by atoms with van der Waals surface area (Å²) < 4.78 is 0. The average molecular weight is 351 g/mol. The molecule has 138 valence electrons. The molecule has 1 saturated carbocycles. The number of pyridine rings is 1. The Morgan fingerprint density at radius 3 is 2.77 bits per heavy atom. The maximum absolute atomic E-state index is 9.13. The van der Waals surface area contributed by atoms with Crippen LogP contribution in [0.1, 0.15) is 44.1 Å². The zero-order valence-electron chi connectivity index (χ0n) is 15.5. The summed E-state index contributed by atoms with van der Waals surface area (Å²) in [7, 11) is 0. The van der Waals surface area contributed by atoms with Crippen LogP contribution in [-0.2, 0) is 6.54 Å². The lowest BCUT2D eigenvalue weighted by atomic mass is 9.82. The first-order valence-corrected chi connectivity index (χ1v) is 9.84. The van der Waals surface area contributed by atoms with Crippen molar-refractivity contribution >= 4 is 10.8 Å². The van der Waals surface area contributed by atoms with Crippen molar-refractivity contribution in [1.82, 2.24) is 9.88 Å². The molecule has 1 aromatic heterocycles. The lowest BCUT2D eigenvalue weighted by Gasteiger charge is -2.31. The SMILES string of the molecule is N#CC1CCC(CN(CCCCO)Cc2cccc3cnccc23)CC1.